The molecule has 0 radical (unpaired) electrons. The van der Waals surface area contributed by atoms with Gasteiger partial charge < -0.3 is 5.32 Å². The van der Waals surface area contributed by atoms with Crippen molar-refractivity contribution in [1.29, 1.82) is 0 Å². The molecule has 1 aromatic carbocycles. The molecule has 0 spiro atoms. The van der Waals surface area contributed by atoms with Crippen LogP contribution in [-0.2, 0) is 25.6 Å². The molecule has 0 bridgehead atoms. The quantitative estimate of drug-likeness (QED) is 0.646. The Labute approximate surface area is 118 Å². The van der Waals surface area contributed by atoms with Gasteiger partial charge in [0.05, 0.1) is 5.69 Å². The van der Waals surface area contributed by atoms with Crippen LogP contribution >= 0.6 is 0 Å². The van der Waals surface area contributed by atoms with Crippen molar-refractivity contribution >= 4 is 38.1 Å². The van der Waals surface area contributed by atoms with E-state index in [1.165, 1.54) is 6.92 Å². The molecule has 0 unspecified atom stereocenters. The monoisotopic (exact) mass is 354 g/mol. The van der Waals surface area contributed by atoms with Crippen LogP contribution in [0.3, 0.4) is 0 Å². The summed E-state index contributed by atoms with van der Waals surface area (Å²) in [7, 11) is -11.7. The molecule has 0 fully saturated rings. The molecule has 1 aromatic rings. The van der Waals surface area contributed by atoms with Crippen molar-refractivity contribution < 1.29 is 38.8 Å². The molecular formula is C8H10F4N2O5S2. The first kappa shape index (κ1) is 21.4. The van der Waals surface area contributed by atoms with Crippen molar-refractivity contribution in [3.05, 3.63) is 24.3 Å². The molecule has 1 N–H and O–H groups in total. The summed E-state index contributed by atoms with van der Waals surface area (Å²) in [6, 6.07) is 3.80. The number of halogens is 4. The molecule has 0 saturated carbocycles. The predicted octanol–water partition coefficient (Wildman–Crippen LogP) is 1.18. The highest BCUT2D eigenvalue weighted by Crippen LogP contribution is 2.25. The van der Waals surface area contributed by atoms with Gasteiger partial charge in [-0.15, -0.1) is 3.71 Å². The van der Waals surface area contributed by atoms with E-state index < -0.39 is 36.1 Å². The van der Waals surface area contributed by atoms with Gasteiger partial charge in [0.15, 0.2) is 0 Å². The van der Waals surface area contributed by atoms with Gasteiger partial charge in [0.2, 0.25) is 5.91 Å². The van der Waals surface area contributed by atoms with Crippen molar-refractivity contribution in [1.82, 2.24) is 0 Å². The number of carbonyl (C=O) groups excluding carboxylic acids is 1. The first-order valence-electron chi connectivity index (χ1n) is 4.59. The number of hydrogen-bond donors (Lipinski definition) is 1. The lowest BCUT2D eigenvalue weighted by molar-refractivity contribution is -0.114. The van der Waals surface area contributed by atoms with Gasteiger partial charge in [0.1, 0.15) is 0 Å². The first-order valence-corrected chi connectivity index (χ1v) is 7.27. The van der Waals surface area contributed by atoms with E-state index >= 15 is 0 Å². The van der Waals surface area contributed by atoms with E-state index in [0.717, 1.165) is 24.3 Å². The molecule has 0 aromatic heterocycles. The lowest BCUT2D eigenvalue weighted by atomic mass is 10.3. The van der Waals surface area contributed by atoms with Crippen LogP contribution < -0.4 is 9.03 Å². The molecule has 7 nitrogen and oxygen atoms in total. The average molecular weight is 354 g/mol. The fraction of sp³-hybridized carbons (Fsp3) is 0.125. The number of carbonyl (C=O) groups is 1. The Balaban J connectivity index is 0. The number of nitrogens with one attached hydrogen (secondary N) is 1. The lowest BCUT2D eigenvalue weighted by Gasteiger charge is -2.14. The largest absolute Gasteiger partial charge is 0.414 e. The van der Waals surface area contributed by atoms with E-state index in [9.17, 15) is 29.4 Å². The van der Waals surface area contributed by atoms with Crippen LogP contribution in [0, 0.1) is 0 Å². The molecule has 0 heterocycles. The van der Waals surface area contributed by atoms with Crippen LogP contribution in [0.2, 0.25) is 0 Å². The fourth-order valence-corrected chi connectivity index (χ4v) is 2.83. The smallest absolute Gasteiger partial charge is 0.326 e. The third kappa shape index (κ3) is 5.95. The van der Waals surface area contributed by atoms with Gasteiger partial charge in [-0.25, -0.2) is 0 Å². The van der Waals surface area contributed by atoms with E-state index in [1.807, 2.05) is 0 Å². The summed E-state index contributed by atoms with van der Waals surface area (Å²) >= 11 is 0. The van der Waals surface area contributed by atoms with Gasteiger partial charge in [-0.05, 0) is 24.3 Å². The maximum absolute atomic E-state index is 12.8. The summed E-state index contributed by atoms with van der Waals surface area (Å²) in [5, 5.41) is 2.30. The van der Waals surface area contributed by atoms with Crippen molar-refractivity contribution in [3.63, 3.8) is 0 Å². The maximum atomic E-state index is 12.8. The van der Waals surface area contributed by atoms with Crippen molar-refractivity contribution in [2.75, 3.05) is 9.03 Å². The molecule has 0 saturated heterocycles. The predicted molar refractivity (Wildman–Crippen MR) is 68.3 cm³/mol. The average Bonchev–Trinajstić information content (AvgIpc) is 2.15. The van der Waals surface area contributed by atoms with Crippen LogP contribution in [0.25, 0.3) is 0 Å². The van der Waals surface area contributed by atoms with E-state index in [0.29, 0.717) is 0 Å². The van der Waals surface area contributed by atoms with Gasteiger partial charge in [0, 0.05) is 12.6 Å². The maximum Gasteiger partial charge on any atom is 0.414 e. The zero-order valence-corrected chi connectivity index (χ0v) is 11.8. The topological polar surface area (TPSA) is 101 Å². The van der Waals surface area contributed by atoms with E-state index in [2.05, 4.69) is 5.32 Å². The van der Waals surface area contributed by atoms with E-state index in [4.69, 9.17) is 0 Å². The zero-order chi connectivity index (χ0) is 14.8. The Bertz CT molecular complexity index is 658. The third-order valence-corrected chi connectivity index (χ3v) is 4.08. The van der Waals surface area contributed by atoms with E-state index in [-0.39, 0.29) is 15.1 Å². The van der Waals surface area contributed by atoms with Crippen LogP contribution in [0.4, 0.5) is 28.6 Å². The molecule has 122 valence electrons. The van der Waals surface area contributed by atoms with Crippen LogP contribution in [-0.4, -0.2) is 22.7 Å². The molecular weight excluding hydrogens is 344 g/mol. The number of rotatable bonds is 4. The second kappa shape index (κ2) is 7.21. The highest BCUT2D eigenvalue weighted by atomic mass is 32.3. The van der Waals surface area contributed by atoms with Gasteiger partial charge in [0.25, 0.3) is 0 Å². The van der Waals surface area contributed by atoms with Crippen LogP contribution in [0.1, 0.15) is 6.92 Å². The minimum Gasteiger partial charge on any atom is -0.326 e. The first-order chi connectivity index (χ1) is 8.51. The Morgan fingerprint density at radius 2 is 1.38 bits per heavy atom. The SMILES string of the molecule is CC(=O)Nc1ccc(N(S(=O)(=O)F)S(=O)(=O)F)cc1.F.F. The highest BCUT2D eigenvalue weighted by molar-refractivity contribution is 8.05. The number of benzene rings is 1. The number of anilines is 2. The molecule has 0 aliphatic heterocycles. The molecule has 0 aliphatic rings. The highest BCUT2D eigenvalue weighted by Gasteiger charge is 2.34. The minimum atomic E-state index is -5.83. The van der Waals surface area contributed by atoms with Crippen LogP contribution in [0.5, 0.6) is 0 Å². The Hall–Kier alpha value is -1.89. The van der Waals surface area contributed by atoms with E-state index in [1.54, 1.807) is 0 Å². The third-order valence-electron chi connectivity index (χ3n) is 1.79. The molecule has 0 atom stereocenters. The normalized spacial score (nSPS) is 10.8. The summed E-state index contributed by atoms with van der Waals surface area (Å²) in [5.41, 5.74) is -0.567. The van der Waals surface area contributed by atoms with Gasteiger partial charge in [-0.2, -0.15) is 16.8 Å². The van der Waals surface area contributed by atoms with Crippen molar-refractivity contribution in [2.24, 2.45) is 0 Å². The molecule has 0 aliphatic carbocycles. The second-order valence-electron chi connectivity index (χ2n) is 3.31. The Morgan fingerprint density at radius 1 is 1.00 bits per heavy atom. The summed E-state index contributed by atoms with van der Waals surface area (Å²) < 4.78 is 67.0. The fourth-order valence-electron chi connectivity index (χ4n) is 1.23. The van der Waals surface area contributed by atoms with Gasteiger partial charge in [-0.1, -0.05) is 7.77 Å². The van der Waals surface area contributed by atoms with Crippen molar-refractivity contribution in [2.45, 2.75) is 6.92 Å². The van der Waals surface area contributed by atoms with Crippen LogP contribution in [0.15, 0.2) is 24.3 Å². The summed E-state index contributed by atoms with van der Waals surface area (Å²) in [6.45, 7) is 1.21. The molecule has 1 rings (SSSR count). The standard InChI is InChI=1S/C8H8F2N2O5S2.2FH/c1-6(13)11-7-2-4-8(5-3-7)12(18(9,14)15)19(10,16)17;;/h2-5H,1H3,(H,11,13);2*1H. The Kier molecular flexibility index (Phi) is 7.35. The second-order valence-corrected chi connectivity index (χ2v) is 5.92. The van der Waals surface area contributed by atoms with Gasteiger partial charge >= 0.3 is 20.8 Å². The zero-order valence-electron chi connectivity index (χ0n) is 10.2. The summed E-state index contributed by atoms with van der Waals surface area (Å²) in [6.07, 6.45) is 0. The molecule has 13 heteroatoms. The van der Waals surface area contributed by atoms with Crippen molar-refractivity contribution in [3.8, 4) is 0 Å². The summed E-state index contributed by atoms with van der Waals surface area (Å²) in [4.78, 5) is 10.7. The number of hydrogen-bond acceptors (Lipinski definition) is 5. The lowest BCUT2D eigenvalue weighted by Crippen LogP contribution is -2.31. The minimum absolute atomic E-state index is 0. The Morgan fingerprint density at radius 3 is 1.67 bits per heavy atom. The molecule has 21 heavy (non-hydrogen) atoms. The number of nitrogens with zero attached hydrogens (tertiary/aromatic N) is 1. The number of amides is 1. The van der Waals surface area contributed by atoms with Gasteiger partial charge in [-0.3, -0.25) is 14.2 Å². The molecule has 1 amide bonds. The summed E-state index contributed by atoms with van der Waals surface area (Å²) in [5.74, 6) is -0.430.